The van der Waals surface area contributed by atoms with Crippen molar-refractivity contribution in [3.05, 3.63) is 62.0 Å². The molecule has 2 heterocycles. The lowest BCUT2D eigenvalue weighted by Crippen LogP contribution is -2.16. The fourth-order valence-electron chi connectivity index (χ4n) is 2.77. The van der Waals surface area contributed by atoms with Crippen molar-refractivity contribution in [1.29, 1.82) is 0 Å². The highest BCUT2D eigenvalue weighted by atomic mass is 32.1. The van der Waals surface area contributed by atoms with E-state index in [-0.39, 0.29) is 24.2 Å². The number of unbranched alkanes of at least 4 members (excludes halogenated alkanes) is 1. The first kappa shape index (κ1) is 32.3. The van der Waals surface area contributed by atoms with Gasteiger partial charge in [-0.3, -0.25) is 14.9 Å². The number of aryl methyl sites for hydroxylation is 3. The Labute approximate surface area is 214 Å². The fraction of sp³-hybridized carbons (Fsp3) is 0.385. The molecule has 8 nitrogen and oxygen atoms in total. The van der Waals surface area contributed by atoms with Crippen LogP contribution in [0, 0.1) is 19.8 Å². The Bertz CT molecular complexity index is 1090. The molecular weight excluding hydrogens is 489 g/mol. The summed E-state index contributed by atoms with van der Waals surface area (Å²) in [5.74, 6) is -0.486. The Morgan fingerprint density at radius 2 is 1.92 bits per heavy atom. The lowest BCUT2D eigenvalue weighted by molar-refractivity contribution is -0.129. The molecule has 196 valence electrons. The summed E-state index contributed by atoms with van der Waals surface area (Å²) in [6, 6.07) is 4.16. The Balaban J connectivity index is 0.000000735. The molecule has 2 aromatic rings. The molecular formula is C26H32FNO7S. The standard InChI is InChI=1S/C15H19NO6.C9H11FOS.C2H2/c1-3-11(17)13-12(18)9-10(22-14(13)19)7-5-4-6-8-16-15(20)21-2;1-7-5-6-8(12-7)3-2-4-9(10)11;1-2/h6,8-9,18H,3-5,7H2,1-2H3,(H,16,20);5-6H,2-4H2,1H3;1-2H/b8-6+;;. The van der Waals surface area contributed by atoms with E-state index < -0.39 is 23.5 Å². The topological polar surface area (TPSA) is 123 Å². The Morgan fingerprint density at radius 3 is 2.44 bits per heavy atom. The highest BCUT2D eigenvalue weighted by molar-refractivity contribution is 7.11. The molecule has 0 aliphatic carbocycles. The number of allylic oxidation sites excluding steroid dienone is 1. The van der Waals surface area contributed by atoms with E-state index in [1.54, 1.807) is 24.3 Å². The van der Waals surface area contributed by atoms with Gasteiger partial charge in [-0.25, -0.2) is 9.59 Å². The van der Waals surface area contributed by atoms with Gasteiger partial charge >= 0.3 is 17.8 Å². The molecule has 0 saturated heterocycles. The summed E-state index contributed by atoms with van der Waals surface area (Å²) in [5.41, 5.74) is -1.11. The average molecular weight is 522 g/mol. The van der Waals surface area contributed by atoms with Crippen LogP contribution in [-0.2, 0) is 22.4 Å². The number of carbonyl (C=O) groups excluding carboxylic acids is 3. The maximum atomic E-state index is 11.8. The van der Waals surface area contributed by atoms with Crippen LogP contribution in [0.3, 0.4) is 0 Å². The molecule has 0 bridgehead atoms. The lowest BCUT2D eigenvalue weighted by atomic mass is 10.1. The first-order chi connectivity index (χ1) is 17.2. The molecule has 0 atom stereocenters. The lowest BCUT2D eigenvalue weighted by Gasteiger charge is -2.03. The number of ether oxygens (including phenoxy) is 1. The molecule has 0 radical (unpaired) electrons. The minimum absolute atomic E-state index is 0.0525. The van der Waals surface area contributed by atoms with Crippen LogP contribution in [0.2, 0.25) is 0 Å². The number of hydrogen-bond acceptors (Lipinski definition) is 8. The number of terminal acetylenes is 1. The summed E-state index contributed by atoms with van der Waals surface area (Å²) in [4.78, 5) is 46.4. The quantitative estimate of drug-likeness (QED) is 0.179. The summed E-state index contributed by atoms with van der Waals surface area (Å²) < 4.78 is 21.2. The molecule has 0 aromatic carbocycles. The largest absolute Gasteiger partial charge is 0.507 e. The maximum absolute atomic E-state index is 11.8. The van der Waals surface area contributed by atoms with Gasteiger partial charge in [0.05, 0.1) is 7.11 Å². The highest BCUT2D eigenvalue weighted by Gasteiger charge is 2.17. The molecule has 2 rings (SSSR count). The van der Waals surface area contributed by atoms with E-state index in [0.29, 0.717) is 31.4 Å². The number of carbonyl (C=O) groups is 3. The number of nitrogens with one attached hydrogen (secondary N) is 1. The van der Waals surface area contributed by atoms with E-state index in [2.05, 4.69) is 22.9 Å². The van der Waals surface area contributed by atoms with Crippen LogP contribution < -0.4 is 10.9 Å². The number of methoxy groups -OCH3 is 1. The predicted molar refractivity (Wildman–Crippen MR) is 137 cm³/mol. The van der Waals surface area contributed by atoms with Crippen LogP contribution in [0.1, 0.15) is 64.9 Å². The minimum Gasteiger partial charge on any atom is -0.507 e. The smallest absolute Gasteiger partial charge is 0.410 e. The fourth-order valence-corrected chi connectivity index (χ4v) is 3.70. The molecule has 10 heteroatoms. The predicted octanol–water partition coefficient (Wildman–Crippen LogP) is 5.26. The number of aromatic hydroxyl groups is 1. The summed E-state index contributed by atoms with van der Waals surface area (Å²) in [6.07, 6.45) is 13.9. The zero-order valence-corrected chi connectivity index (χ0v) is 21.5. The summed E-state index contributed by atoms with van der Waals surface area (Å²) >= 11 is 1.71. The molecule has 2 aromatic heterocycles. The van der Waals surface area contributed by atoms with E-state index in [4.69, 9.17) is 4.42 Å². The van der Waals surface area contributed by atoms with Gasteiger partial charge in [-0.1, -0.05) is 13.0 Å². The molecule has 0 fully saturated rings. The third kappa shape index (κ3) is 13.2. The second-order valence-electron chi connectivity index (χ2n) is 7.19. The Kier molecular flexibility index (Phi) is 16.7. The second-order valence-corrected chi connectivity index (χ2v) is 8.56. The number of alkyl carbamates (subject to hydrolysis) is 1. The van der Waals surface area contributed by atoms with Gasteiger partial charge < -0.3 is 14.3 Å². The highest BCUT2D eigenvalue weighted by Crippen LogP contribution is 2.18. The van der Waals surface area contributed by atoms with E-state index in [1.807, 2.05) is 19.1 Å². The zero-order chi connectivity index (χ0) is 27.5. The molecule has 0 unspecified atom stereocenters. The Hall–Kier alpha value is -3.71. The molecule has 1 amide bonds. The van der Waals surface area contributed by atoms with Crippen molar-refractivity contribution < 1.29 is 33.0 Å². The van der Waals surface area contributed by atoms with Crippen molar-refractivity contribution in [3.8, 4) is 18.6 Å². The number of ketones is 1. The van der Waals surface area contributed by atoms with Gasteiger partial charge in [0, 0.05) is 41.3 Å². The molecule has 36 heavy (non-hydrogen) atoms. The molecule has 0 spiro atoms. The van der Waals surface area contributed by atoms with E-state index in [9.17, 15) is 28.7 Å². The second kappa shape index (κ2) is 18.6. The third-order valence-electron chi connectivity index (χ3n) is 4.47. The van der Waals surface area contributed by atoms with Crippen LogP contribution >= 0.6 is 11.3 Å². The van der Waals surface area contributed by atoms with E-state index in [1.165, 1.54) is 29.1 Å². The molecule has 0 aliphatic heterocycles. The zero-order valence-electron chi connectivity index (χ0n) is 20.7. The first-order valence-electron chi connectivity index (χ1n) is 11.1. The van der Waals surface area contributed by atoms with Crippen molar-refractivity contribution in [2.45, 2.75) is 58.8 Å². The number of thiophene rings is 1. The normalized spacial score (nSPS) is 9.94. The van der Waals surface area contributed by atoms with Crippen molar-refractivity contribution in [2.24, 2.45) is 0 Å². The van der Waals surface area contributed by atoms with Crippen LogP contribution in [0.15, 0.2) is 39.7 Å². The summed E-state index contributed by atoms with van der Waals surface area (Å²) in [5, 5.41) is 12.1. The number of rotatable bonds is 11. The molecule has 0 saturated carbocycles. The molecule has 0 aliphatic rings. The first-order valence-corrected chi connectivity index (χ1v) is 11.9. The van der Waals surface area contributed by atoms with E-state index >= 15 is 0 Å². The van der Waals surface area contributed by atoms with Crippen LogP contribution in [0.25, 0.3) is 0 Å². The Morgan fingerprint density at radius 1 is 1.22 bits per heavy atom. The van der Waals surface area contributed by atoms with Gasteiger partial charge in [-0.15, -0.1) is 24.2 Å². The average Bonchev–Trinajstić information content (AvgIpc) is 3.26. The van der Waals surface area contributed by atoms with Gasteiger partial charge in [0.25, 0.3) is 0 Å². The molecule has 2 N–H and O–H groups in total. The van der Waals surface area contributed by atoms with E-state index in [0.717, 1.165) is 6.42 Å². The van der Waals surface area contributed by atoms with Crippen LogP contribution in [0.5, 0.6) is 5.75 Å². The van der Waals surface area contributed by atoms with Gasteiger partial charge in [0.1, 0.15) is 17.1 Å². The summed E-state index contributed by atoms with van der Waals surface area (Å²) in [6.45, 7) is 3.64. The third-order valence-corrected chi connectivity index (χ3v) is 5.53. The monoisotopic (exact) mass is 521 g/mol. The SMILES string of the molecule is C#C.CCC(=O)c1c(O)cc(CCC/C=C/NC(=O)OC)oc1=O.Cc1ccc(CCCC(=O)F)s1. The van der Waals surface area contributed by atoms with Crippen molar-refractivity contribution >= 4 is 29.3 Å². The van der Waals surface area contributed by atoms with Crippen molar-refractivity contribution in [1.82, 2.24) is 5.32 Å². The number of halogens is 1. The number of Topliss-reactive ketones (excluding diaryl/α,β-unsaturated/α-hetero) is 1. The summed E-state index contributed by atoms with van der Waals surface area (Å²) in [7, 11) is 1.27. The van der Waals surface area contributed by atoms with Crippen LogP contribution in [0.4, 0.5) is 9.18 Å². The maximum Gasteiger partial charge on any atom is 0.410 e. The van der Waals surface area contributed by atoms with Crippen LogP contribution in [-0.4, -0.2) is 30.1 Å². The van der Waals surface area contributed by atoms with Crippen molar-refractivity contribution in [3.63, 3.8) is 0 Å². The van der Waals surface area contributed by atoms with Gasteiger partial charge in [0.15, 0.2) is 5.78 Å². The van der Waals surface area contributed by atoms with Gasteiger partial charge in [-0.2, -0.15) is 4.39 Å². The minimum atomic E-state index is -1.21. The van der Waals surface area contributed by atoms with Gasteiger partial charge in [0.2, 0.25) is 0 Å². The number of amides is 1. The number of hydrogen-bond donors (Lipinski definition) is 2. The van der Waals surface area contributed by atoms with Gasteiger partial charge in [-0.05, 0) is 44.7 Å². The van der Waals surface area contributed by atoms with Crippen molar-refractivity contribution in [2.75, 3.05) is 7.11 Å².